The van der Waals surface area contributed by atoms with Crippen molar-refractivity contribution in [3.8, 4) is 0 Å². The number of aromatic nitrogens is 3. The lowest BCUT2D eigenvalue weighted by molar-refractivity contribution is 0.252. The van der Waals surface area contributed by atoms with Gasteiger partial charge in [0.15, 0.2) is 5.65 Å². The molecule has 0 radical (unpaired) electrons. The van der Waals surface area contributed by atoms with Crippen LogP contribution in [-0.2, 0) is 13.0 Å². The van der Waals surface area contributed by atoms with Gasteiger partial charge in [-0.05, 0) is 42.3 Å². The van der Waals surface area contributed by atoms with Gasteiger partial charge in [0.1, 0.15) is 11.3 Å². The minimum absolute atomic E-state index is 0.274. The number of nitrogens with one attached hydrogen (secondary N) is 2. The third-order valence-electron chi connectivity index (χ3n) is 4.92. The van der Waals surface area contributed by atoms with Gasteiger partial charge in [-0.15, -0.1) is 0 Å². The number of nitrogens with zero attached hydrogens (tertiary/aromatic N) is 3. The average Bonchev–Trinajstić information content (AvgIpc) is 3.09. The maximum Gasteiger partial charge on any atom is 0.319 e. The summed E-state index contributed by atoms with van der Waals surface area (Å²) in [5.41, 5.74) is 4.40. The molecule has 0 aliphatic rings. The Kier molecular flexibility index (Phi) is 5.95. The minimum Gasteiger partial charge on any atom is -0.337 e. The summed E-state index contributed by atoms with van der Waals surface area (Å²) in [7, 11) is 0. The molecule has 4 aromatic rings. The molecule has 2 heterocycles. The Morgan fingerprint density at radius 1 is 1.07 bits per heavy atom. The fourth-order valence-electron chi connectivity index (χ4n) is 3.33. The second-order valence-electron chi connectivity index (χ2n) is 6.99. The van der Waals surface area contributed by atoms with Crippen molar-refractivity contribution in [2.75, 3.05) is 11.9 Å². The second-order valence-corrected chi connectivity index (χ2v) is 7.40. The van der Waals surface area contributed by atoms with Crippen LogP contribution in [0.5, 0.6) is 0 Å². The van der Waals surface area contributed by atoms with E-state index in [0.717, 1.165) is 22.6 Å². The van der Waals surface area contributed by atoms with Crippen LogP contribution in [0.1, 0.15) is 17.0 Å². The lowest BCUT2D eigenvalue weighted by Crippen LogP contribution is -2.31. The maximum atomic E-state index is 12.3. The first-order valence-electron chi connectivity index (χ1n) is 9.76. The van der Waals surface area contributed by atoms with Gasteiger partial charge in [-0.3, -0.25) is 0 Å². The first kappa shape index (κ1) is 19.9. The van der Waals surface area contributed by atoms with Gasteiger partial charge in [0.05, 0.1) is 6.54 Å². The molecular weight excluding hydrogens is 398 g/mol. The lowest BCUT2D eigenvalue weighted by atomic mass is 10.2. The Labute approximate surface area is 179 Å². The van der Waals surface area contributed by atoms with E-state index in [1.807, 2.05) is 49.4 Å². The van der Waals surface area contributed by atoms with Crippen molar-refractivity contribution >= 4 is 34.5 Å². The van der Waals surface area contributed by atoms with Crippen LogP contribution in [0.25, 0.3) is 11.2 Å². The topological polar surface area (TPSA) is 71.8 Å². The van der Waals surface area contributed by atoms with E-state index in [1.54, 1.807) is 12.3 Å². The van der Waals surface area contributed by atoms with Crippen LogP contribution in [0.15, 0.2) is 66.9 Å². The fraction of sp³-hybridized carbons (Fsp3) is 0.174. The SMILES string of the molecule is Cc1c(Cl)cccc1NC(=O)NCCc1nc2cccnc2n1Cc1ccccc1. The summed E-state index contributed by atoms with van der Waals surface area (Å²) < 4.78 is 2.10. The van der Waals surface area contributed by atoms with Crippen molar-refractivity contribution < 1.29 is 4.79 Å². The minimum atomic E-state index is -0.274. The van der Waals surface area contributed by atoms with Gasteiger partial charge in [-0.2, -0.15) is 0 Å². The molecule has 2 N–H and O–H groups in total. The lowest BCUT2D eigenvalue weighted by Gasteiger charge is -2.12. The Balaban J connectivity index is 1.45. The Morgan fingerprint density at radius 3 is 2.73 bits per heavy atom. The van der Waals surface area contributed by atoms with Crippen LogP contribution in [-0.4, -0.2) is 27.1 Å². The molecule has 0 atom stereocenters. The van der Waals surface area contributed by atoms with Crippen LogP contribution in [0.4, 0.5) is 10.5 Å². The molecule has 2 aromatic carbocycles. The predicted molar refractivity (Wildman–Crippen MR) is 120 cm³/mol. The number of carbonyl (C=O) groups is 1. The molecule has 0 aliphatic carbocycles. The fourth-order valence-corrected chi connectivity index (χ4v) is 3.50. The molecule has 152 valence electrons. The van der Waals surface area contributed by atoms with Crippen molar-refractivity contribution in [2.45, 2.75) is 19.9 Å². The van der Waals surface area contributed by atoms with Gasteiger partial charge in [-0.25, -0.2) is 14.8 Å². The zero-order chi connectivity index (χ0) is 20.9. The molecular formula is C23H22ClN5O. The molecule has 2 aromatic heterocycles. The molecule has 0 saturated heterocycles. The molecule has 4 rings (SSSR count). The van der Waals surface area contributed by atoms with Crippen LogP contribution >= 0.6 is 11.6 Å². The van der Waals surface area contributed by atoms with Crippen LogP contribution < -0.4 is 10.6 Å². The number of anilines is 1. The van der Waals surface area contributed by atoms with E-state index in [1.165, 1.54) is 5.56 Å². The van der Waals surface area contributed by atoms with E-state index in [4.69, 9.17) is 16.6 Å². The molecule has 0 saturated carbocycles. The van der Waals surface area contributed by atoms with E-state index in [0.29, 0.717) is 30.2 Å². The third kappa shape index (κ3) is 4.44. The molecule has 30 heavy (non-hydrogen) atoms. The third-order valence-corrected chi connectivity index (χ3v) is 5.33. The van der Waals surface area contributed by atoms with Crippen LogP contribution in [0.2, 0.25) is 5.02 Å². The number of amides is 2. The number of fused-ring (bicyclic) bond motifs is 1. The highest BCUT2D eigenvalue weighted by molar-refractivity contribution is 6.31. The summed E-state index contributed by atoms with van der Waals surface area (Å²) in [4.78, 5) is 21.5. The van der Waals surface area contributed by atoms with Crippen molar-refractivity contribution in [1.82, 2.24) is 19.9 Å². The molecule has 7 heteroatoms. The molecule has 0 bridgehead atoms. The molecule has 0 spiro atoms. The van der Waals surface area contributed by atoms with Gasteiger partial charge in [0.25, 0.3) is 0 Å². The monoisotopic (exact) mass is 419 g/mol. The Bertz CT molecular complexity index is 1170. The molecule has 2 amide bonds. The van der Waals surface area contributed by atoms with Crippen molar-refractivity contribution in [3.05, 3.63) is 88.8 Å². The number of halogens is 1. The largest absolute Gasteiger partial charge is 0.337 e. The molecule has 0 fully saturated rings. The van der Waals surface area contributed by atoms with Crippen molar-refractivity contribution in [3.63, 3.8) is 0 Å². The highest BCUT2D eigenvalue weighted by Gasteiger charge is 2.13. The number of benzene rings is 2. The van der Waals surface area contributed by atoms with E-state index < -0.39 is 0 Å². The first-order chi connectivity index (χ1) is 14.6. The number of urea groups is 1. The molecule has 6 nitrogen and oxygen atoms in total. The first-order valence-corrected chi connectivity index (χ1v) is 10.1. The number of hydrogen-bond acceptors (Lipinski definition) is 3. The highest BCUT2D eigenvalue weighted by atomic mass is 35.5. The number of carbonyl (C=O) groups excluding carboxylic acids is 1. The summed E-state index contributed by atoms with van der Waals surface area (Å²) in [6, 6.07) is 19.2. The second kappa shape index (κ2) is 8.97. The summed E-state index contributed by atoms with van der Waals surface area (Å²) in [6.07, 6.45) is 2.36. The standard InChI is InChI=1S/C23H22ClN5O/c1-16-18(24)9-5-10-19(16)28-23(30)26-14-12-21-27-20-11-6-13-25-22(20)29(21)15-17-7-3-2-4-8-17/h2-11,13H,12,14-15H2,1H3,(H2,26,28,30). The van der Waals surface area contributed by atoms with Gasteiger partial charge in [0, 0.05) is 29.9 Å². The van der Waals surface area contributed by atoms with Gasteiger partial charge in [0.2, 0.25) is 0 Å². The van der Waals surface area contributed by atoms with E-state index in [2.05, 4.69) is 32.3 Å². The Hall–Kier alpha value is -3.38. The maximum absolute atomic E-state index is 12.3. The van der Waals surface area contributed by atoms with E-state index >= 15 is 0 Å². The normalized spacial score (nSPS) is 10.9. The smallest absolute Gasteiger partial charge is 0.319 e. The summed E-state index contributed by atoms with van der Waals surface area (Å²) in [5.74, 6) is 0.881. The van der Waals surface area contributed by atoms with Crippen molar-refractivity contribution in [2.24, 2.45) is 0 Å². The summed E-state index contributed by atoms with van der Waals surface area (Å²) in [5, 5.41) is 6.36. The predicted octanol–water partition coefficient (Wildman–Crippen LogP) is 4.81. The number of rotatable bonds is 6. The average molecular weight is 420 g/mol. The van der Waals surface area contributed by atoms with E-state index in [-0.39, 0.29) is 6.03 Å². The van der Waals surface area contributed by atoms with Gasteiger partial charge < -0.3 is 15.2 Å². The number of pyridine rings is 1. The van der Waals surface area contributed by atoms with Crippen molar-refractivity contribution in [1.29, 1.82) is 0 Å². The zero-order valence-electron chi connectivity index (χ0n) is 16.6. The van der Waals surface area contributed by atoms with Crippen LogP contribution in [0, 0.1) is 6.92 Å². The molecule has 0 unspecified atom stereocenters. The molecule has 0 aliphatic heterocycles. The Morgan fingerprint density at radius 2 is 1.90 bits per heavy atom. The van der Waals surface area contributed by atoms with Gasteiger partial charge in [-0.1, -0.05) is 48.0 Å². The summed E-state index contributed by atoms with van der Waals surface area (Å²) in [6.45, 7) is 3.00. The number of hydrogen-bond donors (Lipinski definition) is 2. The van der Waals surface area contributed by atoms with Crippen LogP contribution in [0.3, 0.4) is 0 Å². The quantitative estimate of drug-likeness (QED) is 0.471. The van der Waals surface area contributed by atoms with Gasteiger partial charge >= 0.3 is 6.03 Å². The van der Waals surface area contributed by atoms with E-state index in [9.17, 15) is 4.79 Å². The highest BCUT2D eigenvalue weighted by Crippen LogP contribution is 2.22. The summed E-state index contributed by atoms with van der Waals surface area (Å²) >= 11 is 6.12. The zero-order valence-corrected chi connectivity index (χ0v) is 17.4. The number of imidazole rings is 1.